The number of benzene rings is 2. The molecule has 0 fully saturated rings. The fourth-order valence-electron chi connectivity index (χ4n) is 3.54. The average Bonchev–Trinajstić information content (AvgIpc) is 2.64. The number of phenols is 1. The summed E-state index contributed by atoms with van der Waals surface area (Å²) in [4.78, 5) is 0. The van der Waals surface area contributed by atoms with Crippen molar-refractivity contribution in [2.24, 2.45) is 0 Å². The lowest BCUT2D eigenvalue weighted by Gasteiger charge is -2.12. The van der Waals surface area contributed by atoms with Crippen molar-refractivity contribution in [3.05, 3.63) is 54.1 Å². The summed E-state index contributed by atoms with van der Waals surface area (Å²) in [5.41, 5.74) is 3.40. The zero-order chi connectivity index (χ0) is 17.7. The van der Waals surface area contributed by atoms with Crippen LogP contribution in [0.3, 0.4) is 0 Å². The van der Waals surface area contributed by atoms with Crippen molar-refractivity contribution in [1.82, 2.24) is 0 Å². The molecule has 0 saturated carbocycles. The smallest absolute Gasteiger partial charge is 0.123 e. The summed E-state index contributed by atoms with van der Waals surface area (Å²) in [6, 6.07) is 16.2. The molecular weight excluding hydrogens is 304 g/mol. The Morgan fingerprint density at radius 1 is 0.640 bits per heavy atom. The minimum Gasteiger partial charge on any atom is -0.507 e. The molecule has 0 amide bonds. The van der Waals surface area contributed by atoms with E-state index in [0.29, 0.717) is 5.75 Å². The second-order valence-corrected chi connectivity index (χ2v) is 7.11. The number of aryl methyl sites for hydroxylation is 1. The van der Waals surface area contributed by atoms with Gasteiger partial charge >= 0.3 is 0 Å². The second-order valence-electron chi connectivity index (χ2n) is 7.11. The fourth-order valence-corrected chi connectivity index (χ4v) is 3.54. The molecule has 1 heteroatoms. The van der Waals surface area contributed by atoms with Gasteiger partial charge in [0.2, 0.25) is 0 Å². The van der Waals surface area contributed by atoms with Gasteiger partial charge < -0.3 is 5.11 Å². The Balaban J connectivity index is 1.72. The number of aromatic hydroxyl groups is 1. The van der Waals surface area contributed by atoms with Gasteiger partial charge in [-0.25, -0.2) is 0 Å². The third kappa shape index (κ3) is 6.94. The maximum absolute atomic E-state index is 10.3. The fraction of sp³-hybridized carbons (Fsp3) is 0.500. The average molecular weight is 339 g/mol. The summed E-state index contributed by atoms with van der Waals surface area (Å²) in [6.45, 7) is 2.27. The molecule has 0 aromatic heterocycles. The minimum atomic E-state index is 0.399. The Morgan fingerprint density at radius 2 is 1.24 bits per heavy atom. The maximum Gasteiger partial charge on any atom is 0.123 e. The van der Waals surface area contributed by atoms with Gasteiger partial charge in [-0.1, -0.05) is 107 Å². The molecule has 2 aromatic carbocycles. The van der Waals surface area contributed by atoms with Crippen LogP contribution in [0.5, 0.6) is 5.75 Å². The summed E-state index contributed by atoms with van der Waals surface area (Å²) in [5, 5.41) is 10.3. The van der Waals surface area contributed by atoms with E-state index in [1.165, 1.54) is 69.8 Å². The first-order valence-electron chi connectivity index (χ1n) is 10.2. The zero-order valence-electron chi connectivity index (χ0n) is 15.8. The van der Waals surface area contributed by atoms with Gasteiger partial charge in [0.15, 0.2) is 0 Å². The molecule has 1 nitrogen and oxygen atoms in total. The molecule has 0 atom stereocenters. The molecule has 0 spiro atoms. The topological polar surface area (TPSA) is 20.2 Å². The lowest BCUT2D eigenvalue weighted by molar-refractivity contribution is 0.476. The summed E-state index contributed by atoms with van der Waals surface area (Å²) in [7, 11) is 0. The van der Waals surface area contributed by atoms with Crippen molar-refractivity contribution >= 4 is 0 Å². The van der Waals surface area contributed by atoms with Gasteiger partial charge in [-0.2, -0.15) is 0 Å². The van der Waals surface area contributed by atoms with E-state index in [1.54, 1.807) is 6.07 Å². The van der Waals surface area contributed by atoms with E-state index in [9.17, 15) is 5.11 Å². The summed E-state index contributed by atoms with van der Waals surface area (Å²) in [5.74, 6) is 0.399. The molecule has 2 rings (SSSR count). The van der Waals surface area contributed by atoms with Crippen LogP contribution in [0, 0.1) is 0 Å². The molecule has 1 N–H and O–H groups in total. The number of hydrogen-bond donors (Lipinski definition) is 1. The van der Waals surface area contributed by atoms with Gasteiger partial charge in [-0.05, 0) is 30.0 Å². The first-order chi connectivity index (χ1) is 12.3. The molecule has 0 aliphatic carbocycles. The molecule has 2 aromatic rings. The molecule has 0 aliphatic heterocycles. The molecule has 0 bridgehead atoms. The van der Waals surface area contributed by atoms with Crippen molar-refractivity contribution in [2.45, 2.75) is 77.6 Å². The Labute approximate surface area is 154 Å². The van der Waals surface area contributed by atoms with Crippen molar-refractivity contribution in [3.8, 4) is 16.9 Å². The van der Waals surface area contributed by atoms with Crippen molar-refractivity contribution in [1.29, 1.82) is 0 Å². The third-order valence-corrected chi connectivity index (χ3v) is 4.99. The number of unbranched alkanes of at least 4 members (excludes halogenated alkanes) is 9. The van der Waals surface area contributed by atoms with E-state index in [-0.39, 0.29) is 0 Å². The SMILES string of the molecule is CCCCCCCCCCCCc1cccc(O)c1-c1ccccc1. The quantitative estimate of drug-likeness (QED) is 0.397. The molecule has 25 heavy (non-hydrogen) atoms. The molecule has 0 unspecified atom stereocenters. The highest BCUT2D eigenvalue weighted by Gasteiger charge is 2.09. The monoisotopic (exact) mass is 338 g/mol. The molecule has 0 saturated heterocycles. The normalized spacial score (nSPS) is 10.9. The molecule has 0 aliphatic rings. The standard InChI is InChI=1S/C24H34O/c1-2-3-4-5-6-7-8-9-10-12-16-22-19-15-20-23(25)24(22)21-17-13-11-14-18-21/h11,13-15,17-20,25H,2-10,12,16H2,1H3. The van der Waals surface area contributed by atoms with Crippen LogP contribution in [0.1, 0.15) is 76.7 Å². The van der Waals surface area contributed by atoms with Gasteiger partial charge in [0.25, 0.3) is 0 Å². The third-order valence-electron chi connectivity index (χ3n) is 4.99. The van der Waals surface area contributed by atoms with Crippen LogP contribution in [-0.4, -0.2) is 5.11 Å². The highest BCUT2D eigenvalue weighted by molar-refractivity contribution is 5.73. The van der Waals surface area contributed by atoms with Crippen LogP contribution >= 0.6 is 0 Å². The van der Waals surface area contributed by atoms with Gasteiger partial charge in [-0.3, -0.25) is 0 Å². The predicted molar refractivity (Wildman–Crippen MR) is 109 cm³/mol. The van der Waals surface area contributed by atoms with Crippen LogP contribution in [-0.2, 0) is 6.42 Å². The zero-order valence-corrected chi connectivity index (χ0v) is 15.8. The van der Waals surface area contributed by atoms with E-state index in [1.807, 2.05) is 24.3 Å². The largest absolute Gasteiger partial charge is 0.507 e. The Bertz CT molecular complexity index is 588. The second kappa shape index (κ2) is 11.7. The summed E-state index contributed by atoms with van der Waals surface area (Å²) in [6.07, 6.45) is 14.6. The van der Waals surface area contributed by atoms with Crippen LogP contribution in [0.2, 0.25) is 0 Å². The predicted octanol–water partition coefficient (Wildman–Crippen LogP) is 7.52. The van der Waals surface area contributed by atoms with Gasteiger partial charge in [0, 0.05) is 5.56 Å². The van der Waals surface area contributed by atoms with Crippen LogP contribution < -0.4 is 0 Å². The highest BCUT2D eigenvalue weighted by Crippen LogP contribution is 2.33. The first-order valence-corrected chi connectivity index (χ1v) is 10.2. The van der Waals surface area contributed by atoms with Gasteiger partial charge in [0.05, 0.1) is 0 Å². The van der Waals surface area contributed by atoms with E-state index in [2.05, 4.69) is 25.1 Å². The van der Waals surface area contributed by atoms with Crippen LogP contribution in [0.15, 0.2) is 48.5 Å². The Morgan fingerprint density at radius 3 is 1.88 bits per heavy atom. The molecular formula is C24H34O. The maximum atomic E-state index is 10.3. The molecule has 0 radical (unpaired) electrons. The van der Waals surface area contributed by atoms with Crippen molar-refractivity contribution in [2.75, 3.05) is 0 Å². The van der Waals surface area contributed by atoms with E-state index >= 15 is 0 Å². The van der Waals surface area contributed by atoms with E-state index < -0.39 is 0 Å². The van der Waals surface area contributed by atoms with E-state index in [4.69, 9.17) is 0 Å². The van der Waals surface area contributed by atoms with Crippen molar-refractivity contribution < 1.29 is 5.11 Å². The van der Waals surface area contributed by atoms with Crippen molar-refractivity contribution in [3.63, 3.8) is 0 Å². The minimum absolute atomic E-state index is 0.399. The Kier molecular flexibility index (Phi) is 9.18. The van der Waals surface area contributed by atoms with Gasteiger partial charge in [0.1, 0.15) is 5.75 Å². The number of hydrogen-bond acceptors (Lipinski definition) is 1. The molecule has 0 heterocycles. The summed E-state index contributed by atoms with van der Waals surface area (Å²) >= 11 is 0. The number of rotatable bonds is 12. The Hall–Kier alpha value is -1.76. The van der Waals surface area contributed by atoms with Gasteiger partial charge in [-0.15, -0.1) is 0 Å². The summed E-state index contributed by atoms with van der Waals surface area (Å²) < 4.78 is 0. The van der Waals surface area contributed by atoms with Crippen LogP contribution in [0.4, 0.5) is 0 Å². The lowest BCUT2D eigenvalue weighted by Crippen LogP contribution is -1.92. The van der Waals surface area contributed by atoms with Crippen LogP contribution in [0.25, 0.3) is 11.1 Å². The molecule has 136 valence electrons. The van der Waals surface area contributed by atoms with E-state index in [0.717, 1.165) is 17.5 Å². The first kappa shape index (κ1) is 19.6. The number of phenolic OH excluding ortho intramolecular Hbond substituents is 1. The lowest BCUT2D eigenvalue weighted by atomic mass is 9.94. The highest BCUT2D eigenvalue weighted by atomic mass is 16.3.